The highest BCUT2D eigenvalue weighted by molar-refractivity contribution is 6.33. The molecule has 1 aromatic carbocycles. The Kier molecular flexibility index (Phi) is 12.9. The van der Waals surface area contributed by atoms with E-state index in [2.05, 4.69) is 15.3 Å². The van der Waals surface area contributed by atoms with E-state index in [0.29, 0.717) is 24.1 Å². The topological polar surface area (TPSA) is 101 Å². The summed E-state index contributed by atoms with van der Waals surface area (Å²) in [6.45, 7) is 10.1. The summed E-state index contributed by atoms with van der Waals surface area (Å²) in [5.74, 6) is -2.57. The average Bonchev–Trinajstić information content (AvgIpc) is 2.93. The maximum atomic E-state index is 15.7. The van der Waals surface area contributed by atoms with E-state index in [-0.39, 0.29) is 32.4 Å². The molecule has 232 valence electrons. The number of benzene rings is 1. The van der Waals surface area contributed by atoms with Crippen molar-refractivity contribution in [3.8, 4) is 0 Å². The number of hydrogen-bond acceptors (Lipinski definition) is 5. The van der Waals surface area contributed by atoms with Gasteiger partial charge in [-0.15, -0.1) is 0 Å². The lowest BCUT2D eigenvalue weighted by molar-refractivity contribution is 0.0998. The van der Waals surface area contributed by atoms with Gasteiger partial charge in [-0.05, 0) is 69.9 Å². The summed E-state index contributed by atoms with van der Waals surface area (Å²) >= 11 is 6.38. The molecule has 1 unspecified atom stereocenters. The first-order valence-electron chi connectivity index (χ1n) is 13.6. The van der Waals surface area contributed by atoms with E-state index in [1.807, 2.05) is 13.0 Å². The lowest BCUT2D eigenvalue weighted by Crippen LogP contribution is -2.34. The molecular formula is C32H37ClF4N4O2. The van der Waals surface area contributed by atoms with Gasteiger partial charge in [-0.2, -0.15) is 0 Å². The molecule has 43 heavy (non-hydrogen) atoms. The second-order valence-corrected chi connectivity index (χ2v) is 10.6. The van der Waals surface area contributed by atoms with Crippen molar-refractivity contribution in [2.24, 2.45) is 10.7 Å². The molecule has 6 nitrogen and oxygen atoms in total. The first-order valence-corrected chi connectivity index (χ1v) is 14.0. The maximum absolute atomic E-state index is 15.7. The molecule has 4 N–H and O–H groups in total. The van der Waals surface area contributed by atoms with Gasteiger partial charge >= 0.3 is 0 Å². The van der Waals surface area contributed by atoms with Crippen LogP contribution < -0.4 is 21.6 Å². The van der Waals surface area contributed by atoms with Gasteiger partial charge in [-0.3, -0.25) is 14.8 Å². The Morgan fingerprint density at radius 2 is 1.91 bits per heavy atom. The standard InChI is InChI=1S/C32H37ClF4N4O2/c1-7-9-11-21(16-39-19(4)32(5,6)43)18(3)26(35)15-27-22(10-8-2)28(24(33)17-40-27)41-29(30(36)37)23-14-20(31(38)42)12-13-25(23)34/h9-17,29-30,41,43H,7-8H2,1-6H3,(H2,38,42)/b11-9+,21-16+,22-10-,26-18-,27-15+,39-19?. The molecule has 2 aromatic rings. The molecule has 1 amide bonds. The Hall–Kier alpha value is -3.76. The number of anilines is 1. The van der Waals surface area contributed by atoms with Gasteiger partial charge in [-0.25, -0.2) is 17.6 Å². The van der Waals surface area contributed by atoms with E-state index >= 15 is 4.39 Å². The lowest BCUT2D eigenvalue weighted by atomic mass is 10.0. The number of primary amides is 1. The smallest absolute Gasteiger partial charge is 0.262 e. The van der Waals surface area contributed by atoms with Crippen molar-refractivity contribution in [3.63, 3.8) is 0 Å². The molecule has 11 heteroatoms. The van der Waals surface area contributed by atoms with Crippen molar-refractivity contribution in [1.29, 1.82) is 0 Å². The summed E-state index contributed by atoms with van der Waals surface area (Å²) < 4.78 is 59.1. The van der Waals surface area contributed by atoms with Crippen LogP contribution in [-0.4, -0.2) is 33.7 Å². The van der Waals surface area contributed by atoms with Crippen LogP contribution in [0, 0.1) is 5.82 Å². The fourth-order valence-electron chi connectivity index (χ4n) is 3.76. The number of allylic oxidation sites excluding steroid dienone is 5. The molecule has 0 radical (unpaired) electrons. The van der Waals surface area contributed by atoms with Crippen LogP contribution in [0.15, 0.2) is 64.7 Å². The predicted molar refractivity (Wildman–Crippen MR) is 166 cm³/mol. The molecular weight excluding hydrogens is 584 g/mol. The van der Waals surface area contributed by atoms with Crippen molar-refractivity contribution in [2.45, 2.75) is 72.5 Å². The van der Waals surface area contributed by atoms with E-state index in [0.717, 1.165) is 24.3 Å². The quantitative estimate of drug-likeness (QED) is 0.140. The zero-order valence-corrected chi connectivity index (χ0v) is 25.7. The summed E-state index contributed by atoms with van der Waals surface area (Å²) in [6.07, 6.45) is 6.88. The molecule has 1 atom stereocenters. The number of carbonyl (C=O) groups is 1. The molecule has 0 saturated heterocycles. The summed E-state index contributed by atoms with van der Waals surface area (Å²) in [5.41, 5.74) is 4.52. The number of hydrogen-bond donors (Lipinski definition) is 3. The van der Waals surface area contributed by atoms with Gasteiger partial charge in [0, 0.05) is 40.5 Å². The van der Waals surface area contributed by atoms with Crippen LogP contribution in [0.3, 0.4) is 0 Å². The molecule has 0 fully saturated rings. The molecule has 1 heterocycles. The third-order valence-electron chi connectivity index (χ3n) is 6.55. The maximum Gasteiger partial charge on any atom is 0.262 e. The Morgan fingerprint density at radius 1 is 1.23 bits per heavy atom. The normalized spacial score (nSPS) is 15.4. The number of aliphatic imine (C=N–C) groups is 1. The van der Waals surface area contributed by atoms with Crippen LogP contribution in [0.25, 0.3) is 12.2 Å². The van der Waals surface area contributed by atoms with Crippen molar-refractivity contribution in [1.82, 2.24) is 4.98 Å². The van der Waals surface area contributed by atoms with Gasteiger partial charge in [-0.1, -0.05) is 43.7 Å². The van der Waals surface area contributed by atoms with Gasteiger partial charge in [0.15, 0.2) is 0 Å². The number of nitrogens with one attached hydrogen (secondary N) is 1. The number of amides is 1. The molecule has 0 aliphatic carbocycles. The number of rotatable bonds is 12. The van der Waals surface area contributed by atoms with Crippen LogP contribution in [-0.2, 0) is 0 Å². The van der Waals surface area contributed by atoms with E-state index in [1.165, 1.54) is 12.4 Å². The Bertz CT molecular complexity index is 1570. The largest absolute Gasteiger partial charge is 0.385 e. The first-order chi connectivity index (χ1) is 20.1. The fourth-order valence-corrected chi connectivity index (χ4v) is 3.96. The number of aromatic nitrogens is 1. The van der Waals surface area contributed by atoms with Gasteiger partial charge < -0.3 is 16.2 Å². The highest BCUT2D eigenvalue weighted by atomic mass is 35.5. The SMILES string of the molecule is CC/C=C/C(=C\N=C(C)C(C)(C)O)C(/C)=C(F)/C=c1/ncc(Cl)c(NC(c2cc(C(N)=O)ccc2F)C(F)F)/c1=C\CC. The Morgan fingerprint density at radius 3 is 2.47 bits per heavy atom. The number of halogens is 5. The zero-order chi connectivity index (χ0) is 32.5. The van der Waals surface area contributed by atoms with Crippen molar-refractivity contribution in [3.05, 3.63) is 92.3 Å². The molecule has 0 aliphatic heterocycles. The van der Waals surface area contributed by atoms with E-state index < -0.39 is 41.2 Å². The molecule has 2 rings (SSSR count). The third kappa shape index (κ3) is 9.62. The van der Waals surface area contributed by atoms with Gasteiger partial charge in [0.1, 0.15) is 17.7 Å². The van der Waals surface area contributed by atoms with Crippen LogP contribution in [0.2, 0.25) is 5.02 Å². The molecule has 0 bridgehead atoms. The highest BCUT2D eigenvalue weighted by Gasteiger charge is 2.27. The molecule has 0 aliphatic rings. The minimum absolute atomic E-state index is 0.0172. The van der Waals surface area contributed by atoms with Crippen molar-refractivity contribution in [2.75, 3.05) is 5.32 Å². The number of nitrogens with two attached hydrogens (primary N) is 1. The van der Waals surface area contributed by atoms with E-state index in [9.17, 15) is 23.1 Å². The van der Waals surface area contributed by atoms with Crippen LogP contribution in [0.4, 0.5) is 23.2 Å². The number of nitrogens with zero attached hydrogens (tertiary/aromatic N) is 2. The average molecular weight is 621 g/mol. The Labute approximate surface area is 254 Å². The molecule has 0 saturated carbocycles. The van der Waals surface area contributed by atoms with Crippen LogP contribution in [0.5, 0.6) is 0 Å². The van der Waals surface area contributed by atoms with Gasteiger partial charge in [0.2, 0.25) is 5.91 Å². The van der Waals surface area contributed by atoms with Crippen molar-refractivity contribution >= 4 is 41.1 Å². The van der Waals surface area contributed by atoms with Gasteiger partial charge in [0.25, 0.3) is 6.43 Å². The highest BCUT2D eigenvalue weighted by Crippen LogP contribution is 2.30. The molecule has 0 spiro atoms. The third-order valence-corrected chi connectivity index (χ3v) is 6.83. The number of aliphatic hydroxyl groups is 1. The fraction of sp³-hybridized carbons (Fsp3) is 0.344. The van der Waals surface area contributed by atoms with Crippen LogP contribution in [0.1, 0.15) is 76.3 Å². The predicted octanol–water partition coefficient (Wildman–Crippen LogP) is 6.69. The second-order valence-electron chi connectivity index (χ2n) is 10.2. The number of alkyl halides is 2. The second kappa shape index (κ2) is 15.6. The summed E-state index contributed by atoms with van der Waals surface area (Å²) in [5, 5.41) is 13.0. The van der Waals surface area contributed by atoms with Crippen LogP contribution >= 0.6 is 11.6 Å². The monoisotopic (exact) mass is 620 g/mol. The summed E-state index contributed by atoms with van der Waals surface area (Å²) in [4.78, 5) is 20.1. The summed E-state index contributed by atoms with van der Waals surface area (Å²) in [7, 11) is 0. The van der Waals surface area contributed by atoms with Crippen molar-refractivity contribution < 1.29 is 27.5 Å². The van der Waals surface area contributed by atoms with Gasteiger partial charge in [0.05, 0.1) is 21.7 Å². The summed E-state index contributed by atoms with van der Waals surface area (Å²) in [6, 6.07) is 1.01. The van der Waals surface area contributed by atoms with E-state index in [4.69, 9.17) is 17.3 Å². The van der Waals surface area contributed by atoms with E-state index in [1.54, 1.807) is 46.8 Å². The Balaban J connectivity index is 2.78. The first kappa shape index (κ1) is 35.4. The molecule has 1 aromatic heterocycles. The lowest BCUT2D eigenvalue weighted by Gasteiger charge is -2.22. The minimum atomic E-state index is -3.13. The number of carbonyl (C=O) groups excluding carboxylic acids is 1. The number of pyridine rings is 1. The zero-order valence-electron chi connectivity index (χ0n) is 25.0. The minimum Gasteiger partial charge on any atom is -0.385 e.